The molecule has 0 heterocycles. The molecule has 1 nitrogen and oxygen atoms in total. The van der Waals surface area contributed by atoms with E-state index < -0.39 is 0 Å². The highest BCUT2D eigenvalue weighted by atomic mass is 15.1. The maximum atomic E-state index is 2.58. The lowest BCUT2D eigenvalue weighted by Crippen LogP contribution is -2.49. The van der Waals surface area contributed by atoms with Gasteiger partial charge in [0, 0.05) is 27.8 Å². The fourth-order valence-corrected chi connectivity index (χ4v) is 11.5. The summed E-state index contributed by atoms with van der Waals surface area (Å²) in [6.45, 7) is 9.88. The third kappa shape index (κ3) is 3.99. The van der Waals surface area contributed by atoms with Gasteiger partial charge in [0.1, 0.15) is 0 Å². The van der Waals surface area contributed by atoms with Crippen LogP contribution in [0.2, 0.25) is 0 Å². The Bertz CT molecular complexity index is 2290. The van der Waals surface area contributed by atoms with E-state index in [0.717, 1.165) is 11.8 Å². The number of benzene rings is 6. The Morgan fingerprint density at radius 2 is 1.20 bits per heavy atom. The van der Waals surface area contributed by atoms with Crippen molar-refractivity contribution < 1.29 is 0 Å². The zero-order valence-corrected chi connectivity index (χ0v) is 29.2. The second-order valence-electron chi connectivity index (χ2n) is 16.4. The lowest BCUT2D eigenvalue weighted by atomic mass is 9.49. The summed E-state index contributed by atoms with van der Waals surface area (Å²) in [5.74, 6) is 2.94. The number of fused-ring (bicyclic) bond motifs is 12. The molecule has 0 radical (unpaired) electrons. The van der Waals surface area contributed by atoms with Crippen molar-refractivity contribution in [1.82, 2.24) is 0 Å². The Kier molecular flexibility index (Phi) is 6.25. The molecule has 4 aliphatic rings. The monoisotopic (exact) mass is 635 g/mol. The van der Waals surface area contributed by atoms with E-state index in [-0.39, 0.29) is 10.8 Å². The van der Waals surface area contributed by atoms with Gasteiger partial charge in [0.2, 0.25) is 0 Å². The average Bonchev–Trinajstić information content (AvgIpc) is 3.54. The van der Waals surface area contributed by atoms with E-state index in [9.17, 15) is 0 Å². The summed E-state index contributed by atoms with van der Waals surface area (Å²) in [6, 6.07) is 48.8. The summed E-state index contributed by atoms with van der Waals surface area (Å²) in [5, 5.41) is 2.54. The van der Waals surface area contributed by atoms with Crippen LogP contribution < -0.4 is 4.90 Å². The van der Waals surface area contributed by atoms with Crippen molar-refractivity contribution in [1.29, 1.82) is 0 Å². The Labute approximate surface area is 291 Å². The molecular weight excluding hydrogens is 591 g/mol. The van der Waals surface area contributed by atoms with Crippen molar-refractivity contribution in [2.24, 2.45) is 23.7 Å². The zero-order valence-electron chi connectivity index (χ0n) is 29.2. The van der Waals surface area contributed by atoms with Crippen LogP contribution in [0.15, 0.2) is 127 Å². The third-order valence-corrected chi connectivity index (χ3v) is 13.3. The van der Waals surface area contributed by atoms with Crippen LogP contribution in [0.4, 0.5) is 17.1 Å². The quantitative estimate of drug-likeness (QED) is 0.187. The van der Waals surface area contributed by atoms with Crippen LogP contribution in [-0.4, -0.2) is 0 Å². The van der Waals surface area contributed by atoms with Gasteiger partial charge in [-0.3, -0.25) is 0 Å². The predicted octanol–water partition coefficient (Wildman–Crippen LogP) is 13.0. The normalized spacial score (nSPS) is 25.5. The highest BCUT2D eigenvalue weighted by Crippen LogP contribution is 2.66. The van der Waals surface area contributed by atoms with Crippen LogP contribution in [-0.2, 0) is 10.8 Å². The molecule has 1 spiro atoms. The molecule has 5 atom stereocenters. The van der Waals surface area contributed by atoms with Gasteiger partial charge in [-0.15, -0.1) is 0 Å². The molecule has 0 saturated heterocycles. The summed E-state index contributed by atoms with van der Waals surface area (Å²) in [6.07, 6.45) is 5.42. The van der Waals surface area contributed by atoms with Crippen molar-refractivity contribution in [2.45, 2.75) is 64.2 Å². The van der Waals surface area contributed by atoms with Crippen LogP contribution in [0.1, 0.15) is 75.6 Å². The molecule has 10 rings (SSSR count). The molecule has 6 aromatic carbocycles. The van der Waals surface area contributed by atoms with Crippen molar-refractivity contribution in [3.8, 4) is 22.3 Å². The van der Waals surface area contributed by atoms with Crippen LogP contribution in [0.3, 0.4) is 0 Å². The minimum absolute atomic E-state index is 0.0593. The topological polar surface area (TPSA) is 3.24 Å². The lowest BCUT2D eigenvalue weighted by Gasteiger charge is -2.54. The Morgan fingerprint density at radius 1 is 0.531 bits per heavy atom. The minimum atomic E-state index is -0.0714. The van der Waals surface area contributed by atoms with E-state index in [0.29, 0.717) is 11.8 Å². The summed E-state index contributed by atoms with van der Waals surface area (Å²) in [7, 11) is 0. The van der Waals surface area contributed by atoms with Gasteiger partial charge in [-0.1, -0.05) is 125 Å². The zero-order chi connectivity index (χ0) is 33.1. The molecule has 2 saturated carbocycles. The van der Waals surface area contributed by atoms with Gasteiger partial charge in [0.15, 0.2) is 0 Å². The summed E-state index contributed by atoms with van der Waals surface area (Å²) in [4.78, 5) is 2.58. The molecule has 4 aliphatic carbocycles. The number of hydrogen-bond donors (Lipinski definition) is 0. The highest BCUT2D eigenvalue weighted by Gasteiger charge is 2.57. The minimum Gasteiger partial charge on any atom is -0.310 e. The van der Waals surface area contributed by atoms with Crippen molar-refractivity contribution in [3.05, 3.63) is 150 Å². The summed E-state index contributed by atoms with van der Waals surface area (Å²) >= 11 is 0. The lowest BCUT2D eigenvalue weighted by molar-refractivity contribution is 0.0426. The van der Waals surface area contributed by atoms with E-state index in [1.165, 1.54) is 86.9 Å². The van der Waals surface area contributed by atoms with Crippen LogP contribution >= 0.6 is 0 Å². The molecule has 0 N–H and O–H groups in total. The average molecular weight is 636 g/mol. The van der Waals surface area contributed by atoms with E-state index in [1.54, 1.807) is 11.1 Å². The fraction of sp³-hybridized carbons (Fsp3) is 0.292. The van der Waals surface area contributed by atoms with Gasteiger partial charge in [-0.25, -0.2) is 0 Å². The standard InChI is InChI=1S/C48H45N/c1-30-24-32-26-31(2)48(35(25-30)27-32)42-17-10-8-15-40(42)46-43(48)18-11-19-45(46)49(36-21-20-33-12-5-6-13-34(33)28-36)37-22-23-39-38-14-7-9-16-41(38)47(3,4)44(39)29-37/h5-23,28-32,35H,24-27H2,1-4H3/t30-,31+,32-,35-,48?/m0/s1. The van der Waals surface area contributed by atoms with Gasteiger partial charge < -0.3 is 4.90 Å². The van der Waals surface area contributed by atoms with E-state index in [1.807, 2.05) is 0 Å². The second kappa shape index (κ2) is 10.4. The second-order valence-corrected chi connectivity index (χ2v) is 16.4. The molecular formula is C48H45N. The van der Waals surface area contributed by atoms with E-state index >= 15 is 0 Å². The largest absolute Gasteiger partial charge is 0.310 e. The molecule has 0 aromatic heterocycles. The van der Waals surface area contributed by atoms with Crippen molar-refractivity contribution in [3.63, 3.8) is 0 Å². The molecule has 242 valence electrons. The van der Waals surface area contributed by atoms with Crippen molar-refractivity contribution in [2.75, 3.05) is 4.90 Å². The number of nitrogens with zero attached hydrogens (tertiary/aromatic N) is 1. The van der Waals surface area contributed by atoms with Crippen LogP contribution in [0.25, 0.3) is 33.0 Å². The molecule has 2 fully saturated rings. The molecule has 2 bridgehead atoms. The van der Waals surface area contributed by atoms with E-state index in [4.69, 9.17) is 0 Å². The Balaban J connectivity index is 1.24. The van der Waals surface area contributed by atoms with Crippen molar-refractivity contribution >= 4 is 27.8 Å². The molecule has 0 aliphatic heterocycles. The predicted molar refractivity (Wildman–Crippen MR) is 206 cm³/mol. The van der Waals surface area contributed by atoms with Gasteiger partial charge in [0.05, 0.1) is 5.69 Å². The molecule has 1 heteroatoms. The third-order valence-electron chi connectivity index (χ3n) is 13.3. The first-order valence-corrected chi connectivity index (χ1v) is 18.6. The number of anilines is 3. The van der Waals surface area contributed by atoms with Crippen LogP contribution in [0, 0.1) is 23.7 Å². The first-order valence-electron chi connectivity index (χ1n) is 18.6. The maximum absolute atomic E-state index is 2.58. The highest BCUT2D eigenvalue weighted by molar-refractivity contribution is 5.98. The molecule has 6 aromatic rings. The van der Waals surface area contributed by atoms with Gasteiger partial charge in [-0.2, -0.15) is 0 Å². The first kappa shape index (κ1) is 29.3. The van der Waals surface area contributed by atoms with Gasteiger partial charge in [0.25, 0.3) is 0 Å². The van der Waals surface area contributed by atoms with Crippen LogP contribution in [0.5, 0.6) is 0 Å². The molecule has 49 heavy (non-hydrogen) atoms. The number of rotatable bonds is 3. The van der Waals surface area contributed by atoms with E-state index in [2.05, 4.69) is 160 Å². The maximum Gasteiger partial charge on any atom is 0.0543 e. The first-order chi connectivity index (χ1) is 23.9. The Hall–Kier alpha value is -4.62. The fourth-order valence-electron chi connectivity index (χ4n) is 11.5. The Morgan fingerprint density at radius 3 is 2.06 bits per heavy atom. The van der Waals surface area contributed by atoms with Gasteiger partial charge in [-0.05, 0) is 129 Å². The summed E-state index contributed by atoms with van der Waals surface area (Å²) in [5.41, 5.74) is 15.3. The van der Waals surface area contributed by atoms with Gasteiger partial charge >= 0.3 is 0 Å². The number of hydrogen-bond acceptors (Lipinski definition) is 1. The summed E-state index contributed by atoms with van der Waals surface area (Å²) < 4.78 is 0. The molecule has 1 unspecified atom stereocenters. The smallest absolute Gasteiger partial charge is 0.0543 e. The SMILES string of the molecule is C[C@H]1C[C@@H]2C[C@H](C1)C1(c3ccccc3-c3c(N(c4ccc5c(c4)C(C)(C)c4ccccc4-5)c4ccc5ccccc5c4)cccc31)[C@H](C)C2. The molecule has 0 amide bonds.